The largest absolute Gasteiger partial charge is 0.544 e. The predicted octanol–water partition coefficient (Wildman–Crippen LogP) is 4.68. The summed E-state index contributed by atoms with van der Waals surface area (Å²) >= 11 is 0. The first-order valence-electron chi connectivity index (χ1n) is 5.97. The third-order valence-electron chi connectivity index (χ3n) is 2.09. The van der Waals surface area contributed by atoms with Crippen LogP contribution in [0.4, 0.5) is 0 Å². The van der Waals surface area contributed by atoms with Gasteiger partial charge in [0.25, 0.3) is 0 Å². The highest BCUT2D eigenvalue weighted by atomic mass is 28.4. The van der Waals surface area contributed by atoms with Gasteiger partial charge in [-0.05, 0) is 32.1 Å². The molecule has 0 aliphatic carbocycles. The first-order chi connectivity index (χ1) is 7.53. The molecule has 0 saturated heterocycles. The topological polar surface area (TPSA) is 9.23 Å². The summed E-state index contributed by atoms with van der Waals surface area (Å²) in [4.78, 5) is 0. The van der Waals surface area contributed by atoms with Crippen LogP contribution in [0.1, 0.15) is 25.3 Å². The zero-order valence-electron chi connectivity index (χ0n) is 10.8. The van der Waals surface area contributed by atoms with Crippen molar-refractivity contribution < 1.29 is 4.43 Å². The molecule has 0 unspecified atom stereocenters. The maximum absolute atomic E-state index is 6.13. The van der Waals surface area contributed by atoms with Crippen LogP contribution in [0.25, 0.3) is 5.76 Å². The maximum Gasteiger partial charge on any atom is 0.242 e. The van der Waals surface area contributed by atoms with Gasteiger partial charge in [0.15, 0.2) is 0 Å². The van der Waals surface area contributed by atoms with E-state index in [0.29, 0.717) is 0 Å². The van der Waals surface area contributed by atoms with Crippen LogP contribution in [0.3, 0.4) is 0 Å². The van der Waals surface area contributed by atoms with Crippen LogP contribution < -0.4 is 0 Å². The highest BCUT2D eigenvalue weighted by Gasteiger charge is 2.18. The summed E-state index contributed by atoms with van der Waals surface area (Å²) in [5.41, 5.74) is 1.19. The van der Waals surface area contributed by atoms with Crippen LogP contribution >= 0.6 is 0 Å². The molecular formula is C14H22OSi. The molecule has 88 valence electrons. The number of rotatable bonds is 5. The monoisotopic (exact) mass is 234 g/mol. The third-order valence-corrected chi connectivity index (χ3v) is 2.93. The molecule has 0 amide bonds. The zero-order valence-corrected chi connectivity index (χ0v) is 11.8. The summed E-state index contributed by atoms with van der Waals surface area (Å²) in [5.74, 6) is 1.06. The standard InChI is InChI=1S/C14H22OSi/c1-5-6-12-14(15-16(2,3)4)13-10-8-7-9-11-13/h7-12H,5-6H2,1-4H3. The first kappa shape index (κ1) is 13.0. The molecule has 0 aliphatic rings. The fraction of sp³-hybridized carbons (Fsp3) is 0.429. The zero-order chi connectivity index (χ0) is 12.0. The molecule has 0 bridgehead atoms. The van der Waals surface area contributed by atoms with Crippen molar-refractivity contribution in [2.75, 3.05) is 0 Å². The van der Waals surface area contributed by atoms with E-state index in [4.69, 9.17) is 4.43 Å². The number of allylic oxidation sites excluding steroid dienone is 1. The van der Waals surface area contributed by atoms with Crippen LogP contribution in [-0.2, 0) is 4.43 Å². The second kappa shape index (κ2) is 5.90. The lowest BCUT2D eigenvalue weighted by molar-refractivity contribution is 0.512. The van der Waals surface area contributed by atoms with E-state index in [1.54, 1.807) is 0 Å². The molecular weight excluding hydrogens is 212 g/mol. The molecule has 0 N–H and O–H groups in total. The van der Waals surface area contributed by atoms with Crippen molar-refractivity contribution in [3.05, 3.63) is 42.0 Å². The van der Waals surface area contributed by atoms with Gasteiger partial charge in [-0.3, -0.25) is 0 Å². The molecule has 2 heteroatoms. The Morgan fingerprint density at radius 3 is 2.31 bits per heavy atom. The van der Waals surface area contributed by atoms with Gasteiger partial charge in [0.2, 0.25) is 8.32 Å². The van der Waals surface area contributed by atoms with E-state index in [2.05, 4.69) is 56.9 Å². The third kappa shape index (κ3) is 4.66. The van der Waals surface area contributed by atoms with Gasteiger partial charge in [-0.1, -0.05) is 43.7 Å². The smallest absolute Gasteiger partial charge is 0.242 e. The summed E-state index contributed by atoms with van der Waals surface area (Å²) in [6.07, 6.45) is 4.45. The van der Waals surface area contributed by atoms with Crippen molar-refractivity contribution in [1.29, 1.82) is 0 Å². The molecule has 1 aromatic carbocycles. The number of benzene rings is 1. The molecule has 0 atom stereocenters. The van der Waals surface area contributed by atoms with Crippen LogP contribution in [0.2, 0.25) is 19.6 Å². The quantitative estimate of drug-likeness (QED) is 0.531. The fourth-order valence-corrected chi connectivity index (χ4v) is 2.29. The maximum atomic E-state index is 6.13. The first-order valence-corrected chi connectivity index (χ1v) is 9.38. The predicted molar refractivity (Wildman–Crippen MR) is 73.8 cm³/mol. The minimum Gasteiger partial charge on any atom is -0.544 e. The van der Waals surface area contributed by atoms with Gasteiger partial charge in [-0.2, -0.15) is 0 Å². The van der Waals surface area contributed by atoms with Crippen LogP contribution in [-0.4, -0.2) is 8.32 Å². The van der Waals surface area contributed by atoms with Gasteiger partial charge in [0.05, 0.1) is 0 Å². The Hall–Kier alpha value is -1.02. The Balaban J connectivity index is 2.89. The van der Waals surface area contributed by atoms with Crippen LogP contribution in [0, 0.1) is 0 Å². The molecule has 16 heavy (non-hydrogen) atoms. The van der Waals surface area contributed by atoms with E-state index >= 15 is 0 Å². The van der Waals surface area contributed by atoms with Gasteiger partial charge < -0.3 is 4.43 Å². The van der Waals surface area contributed by atoms with Crippen LogP contribution in [0.15, 0.2) is 36.4 Å². The summed E-state index contributed by atoms with van der Waals surface area (Å²) in [6.45, 7) is 8.84. The molecule has 0 heterocycles. The van der Waals surface area contributed by atoms with E-state index < -0.39 is 8.32 Å². The summed E-state index contributed by atoms with van der Waals surface area (Å²) in [5, 5.41) is 0. The van der Waals surface area contributed by atoms with Gasteiger partial charge in [-0.15, -0.1) is 0 Å². The molecule has 0 radical (unpaired) electrons. The Morgan fingerprint density at radius 2 is 1.81 bits per heavy atom. The van der Waals surface area contributed by atoms with Crippen LogP contribution in [0.5, 0.6) is 0 Å². The minimum atomic E-state index is -1.52. The highest BCUT2D eigenvalue weighted by Crippen LogP contribution is 2.21. The Labute approximate surface area is 100 Å². The van der Waals surface area contributed by atoms with Crippen molar-refractivity contribution in [3.63, 3.8) is 0 Å². The van der Waals surface area contributed by atoms with E-state index in [1.807, 2.05) is 6.07 Å². The molecule has 0 fully saturated rings. The lowest BCUT2D eigenvalue weighted by Crippen LogP contribution is -2.24. The average molecular weight is 234 g/mol. The second-order valence-corrected chi connectivity index (χ2v) is 9.37. The van der Waals surface area contributed by atoms with Gasteiger partial charge in [0, 0.05) is 5.56 Å². The molecule has 0 aromatic heterocycles. The molecule has 0 saturated carbocycles. The lowest BCUT2D eigenvalue weighted by Gasteiger charge is -2.22. The van der Waals surface area contributed by atoms with Gasteiger partial charge in [0.1, 0.15) is 5.76 Å². The normalized spacial score (nSPS) is 12.6. The summed E-state index contributed by atoms with van der Waals surface area (Å²) in [7, 11) is -1.52. The van der Waals surface area contributed by atoms with Gasteiger partial charge in [-0.25, -0.2) is 0 Å². The van der Waals surface area contributed by atoms with E-state index in [9.17, 15) is 0 Å². The van der Waals surface area contributed by atoms with E-state index in [0.717, 1.165) is 18.6 Å². The lowest BCUT2D eigenvalue weighted by atomic mass is 10.1. The molecule has 0 spiro atoms. The number of hydrogen-bond acceptors (Lipinski definition) is 1. The molecule has 1 rings (SSSR count). The average Bonchev–Trinajstić information content (AvgIpc) is 2.24. The second-order valence-electron chi connectivity index (χ2n) is 4.94. The molecule has 1 aromatic rings. The minimum absolute atomic E-state index is 1.06. The number of hydrogen-bond donors (Lipinski definition) is 0. The van der Waals surface area contributed by atoms with Gasteiger partial charge >= 0.3 is 0 Å². The van der Waals surface area contributed by atoms with E-state index in [-0.39, 0.29) is 0 Å². The Kier molecular flexibility index (Phi) is 4.81. The SMILES string of the molecule is CCCC=C(O[Si](C)(C)C)c1ccccc1. The van der Waals surface area contributed by atoms with E-state index in [1.165, 1.54) is 5.56 Å². The van der Waals surface area contributed by atoms with Crippen molar-refractivity contribution in [1.82, 2.24) is 0 Å². The van der Waals surface area contributed by atoms with Crippen molar-refractivity contribution in [2.24, 2.45) is 0 Å². The Morgan fingerprint density at radius 1 is 1.19 bits per heavy atom. The number of unbranched alkanes of at least 4 members (excludes halogenated alkanes) is 1. The van der Waals surface area contributed by atoms with Crippen molar-refractivity contribution in [2.45, 2.75) is 39.4 Å². The molecule has 0 aliphatic heterocycles. The molecule has 1 nitrogen and oxygen atoms in total. The summed E-state index contributed by atoms with van der Waals surface area (Å²) in [6, 6.07) is 10.4. The highest BCUT2D eigenvalue weighted by molar-refractivity contribution is 6.70. The fourth-order valence-electron chi connectivity index (χ4n) is 1.43. The summed E-state index contributed by atoms with van der Waals surface area (Å²) < 4.78 is 6.13. The Bertz CT molecular complexity index is 336. The van der Waals surface area contributed by atoms with Crippen molar-refractivity contribution in [3.8, 4) is 0 Å². The van der Waals surface area contributed by atoms with Crippen molar-refractivity contribution >= 4 is 14.1 Å².